The van der Waals surface area contributed by atoms with Crippen LogP contribution in [-0.2, 0) is 5.60 Å². The van der Waals surface area contributed by atoms with Gasteiger partial charge in [0, 0.05) is 47.2 Å². The monoisotopic (exact) mass is 551 g/mol. The number of amides is 1. The average molecular weight is 552 g/mol. The molecule has 5 rings (SSSR count). The van der Waals surface area contributed by atoms with Crippen molar-refractivity contribution < 1.29 is 19.4 Å². The highest BCUT2D eigenvalue weighted by Crippen LogP contribution is 2.40. The first-order valence-corrected chi connectivity index (χ1v) is 12.9. The Kier molecular flexibility index (Phi) is 7.34. The molecule has 1 aromatic heterocycles. The summed E-state index contributed by atoms with van der Waals surface area (Å²) in [4.78, 5) is 20.0. The van der Waals surface area contributed by atoms with Crippen molar-refractivity contribution in [2.75, 3.05) is 27.3 Å². The number of piperidine rings is 1. The molecule has 0 bridgehead atoms. The Bertz CT molecular complexity index is 1460. The van der Waals surface area contributed by atoms with Gasteiger partial charge in [-0.25, -0.2) is 4.98 Å². The molecule has 0 atom stereocenters. The van der Waals surface area contributed by atoms with Crippen LogP contribution in [0.15, 0.2) is 72.9 Å². The number of nitrogens with zero attached hydrogens (tertiary/aromatic N) is 3. The predicted molar refractivity (Wildman–Crippen MR) is 148 cm³/mol. The van der Waals surface area contributed by atoms with Crippen LogP contribution in [0, 0.1) is 0 Å². The van der Waals surface area contributed by atoms with Gasteiger partial charge < -0.3 is 19.5 Å². The maximum absolute atomic E-state index is 13.6. The van der Waals surface area contributed by atoms with Crippen LogP contribution in [0.5, 0.6) is 11.5 Å². The molecule has 1 aliphatic heterocycles. The lowest BCUT2D eigenvalue weighted by Crippen LogP contribution is -2.45. The number of imidazole rings is 1. The third kappa shape index (κ3) is 4.97. The topological polar surface area (TPSA) is 76.8 Å². The molecule has 0 unspecified atom stereocenters. The van der Waals surface area contributed by atoms with Crippen LogP contribution >= 0.6 is 23.2 Å². The van der Waals surface area contributed by atoms with Crippen molar-refractivity contribution in [3.05, 3.63) is 94.2 Å². The van der Waals surface area contributed by atoms with Crippen molar-refractivity contribution in [3.8, 4) is 28.6 Å². The quantitative estimate of drug-likeness (QED) is 0.318. The largest absolute Gasteiger partial charge is 0.497 e. The standard InChI is InChI=1S/C29H27Cl2N3O4/c1-37-21-11-12-23(26(17-21)38-2)29(36)13-15-33(16-14-29)28(35)25-18-34(20-9-7-19(30)8-10-20)27(32-25)22-5-3-4-6-24(22)31/h3-12,17-18,36H,13-16H2,1-2H3. The summed E-state index contributed by atoms with van der Waals surface area (Å²) in [6, 6.07) is 20.1. The Morgan fingerprint density at radius 1 is 0.974 bits per heavy atom. The highest BCUT2D eigenvalue weighted by Gasteiger charge is 2.38. The molecule has 0 spiro atoms. The average Bonchev–Trinajstić information content (AvgIpc) is 3.38. The van der Waals surface area contributed by atoms with E-state index in [1.165, 1.54) is 0 Å². The maximum atomic E-state index is 13.6. The van der Waals surface area contributed by atoms with Gasteiger partial charge in [0.1, 0.15) is 23.0 Å². The van der Waals surface area contributed by atoms with E-state index < -0.39 is 5.60 Å². The summed E-state index contributed by atoms with van der Waals surface area (Å²) in [7, 11) is 3.15. The van der Waals surface area contributed by atoms with Gasteiger partial charge in [0.05, 0.1) is 24.8 Å². The molecule has 0 saturated carbocycles. The van der Waals surface area contributed by atoms with Gasteiger partial charge in [0.2, 0.25) is 0 Å². The second-order valence-corrected chi connectivity index (χ2v) is 10.0. The van der Waals surface area contributed by atoms with E-state index in [1.54, 1.807) is 55.6 Å². The van der Waals surface area contributed by atoms with Gasteiger partial charge in [0.15, 0.2) is 0 Å². The SMILES string of the molecule is COc1ccc(C2(O)CCN(C(=O)c3cn(-c4ccc(Cl)cc4)c(-c4ccccc4Cl)n3)CC2)c(OC)c1. The van der Waals surface area contributed by atoms with Crippen molar-refractivity contribution in [1.29, 1.82) is 0 Å². The number of aromatic nitrogens is 2. The summed E-state index contributed by atoms with van der Waals surface area (Å²) in [5.41, 5.74) is 1.36. The highest BCUT2D eigenvalue weighted by atomic mass is 35.5. The van der Waals surface area contributed by atoms with E-state index in [0.717, 1.165) is 5.69 Å². The van der Waals surface area contributed by atoms with Crippen molar-refractivity contribution in [1.82, 2.24) is 14.5 Å². The van der Waals surface area contributed by atoms with Gasteiger partial charge in [-0.2, -0.15) is 0 Å². The third-order valence-corrected chi connectivity index (χ3v) is 7.51. The molecular formula is C29H27Cl2N3O4. The molecule has 196 valence electrons. The molecule has 2 heterocycles. The van der Waals surface area contributed by atoms with Crippen LogP contribution in [0.2, 0.25) is 10.0 Å². The Morgan fingerprint density at radius 2 is 1.68 bits per heavy atom. The van der Waals surface area contributed by atoms with Crippen LogP contribution in [0.4, 0.5) is 0 Å². The zero-order valence-corrected chi connectivity index (χ0v) is 22.5. The zero-order chi connectivity index (χ0) is 26.9. The first kappa shape index (κ1) is 26.1. The van der Waals surface area contributed by atoms with E-state index in [2.05, 4.69) is 0 Å². The summed E-state index contributed by atoms with van der Waals surface area (Å²) in [5, 5.41) is 12.6. The van der Waals surface area contributed by atoms with E-state index in [9.17, 15) is 9.90 Å². The molecule has 1 amide bonds. The summed E-state index contributed by atoms with van der Waals surface area (Å²) in [6.07, 6.45) is 2.44. The molecule has 9 heteroatoms. The van der Waals surface area contributed by atoms with Gasteiger partial charge in [-0.1, -0.05) is 35.3 Å². The summed E-state index contributed by atoms with van der Waals surface area (Å²) >= 11 is 12.6. The number of hydrogen-bond acceptors (Lipinski definition) is 5. The Labute approximate surface area is 231 Å². The normalized spacial score (nSPS) is 14.8. The van der Waals surface area contributed by atoms with Crippen molar-refractivity contribution >= 4 is 29.1 Å². The fourth-order valence-electron chi connectivity index (χ4n) is 4.81. The molecule has 1 aliphatic rings. The van der Waals surface area contributed by atoms with Crippen molar-refractivity contribution in [2.24, 2.45) is 0 Å². The fraction of sp³-hybridized carbons (Fsp3) is 0.241. The molecule has 0 aliphatic carbocycles. The molecule has 1 fully saturated rings. The molecule has 7 nitrogen and oxygen atoms in total. The minimum atomic E-state index is -1.13. The number of benzene rings is 3. The number of hydrogen-bond donors (Lipinski definition) is 1. The minimum absolute atomic E-state index is 0.213. The summed E-state index contributed by atoms with van der Waals surface area (Å²) in [6.45, 7) is 0.722. The third-order valence-electron chi connectivity index (χ3n) is 6.93. The van der Waals surface area contributed by atoms with Gasteiger partial charge >= 0.3 is 0 Å². The number of ether oxygens (including phenoxy) is 2. The first-order chi connectivity index (χ1) is 18.3. The van der Waals surface area contributed by atoms with Gasteiger partial charge in [-0.05, 0) is 61.4 Å². The molecule has 4 aromatic rings. The number of halogens is 2. The Morgan fingerprint density at radius 3 is 2.34 bits per heavy atom. The van der Waals surface area contributed by atoms with Gasteiger partial charge in [-0.15, -0.1) is 0 Å². The first-order valence-electron chi connectivity index (χ1n) is 12.2. The van der Waals surface area contributed by atoms with E-state index in [0.29, 0.717) is 70.1 Å². The number of methoxy groups -OCH3 is 2. The predicted octanol–water partition coefficient (Wildman–Crippen LogP) is 5.99. The van der Waals surface area contributed by atoms with Crippen LogP contribution < -0.4 is 9.47 Å². The van der Waals surface area contributed by atoms with E-state index in [1.807, 2.05) is 41.0 Å². The molecule has 0 radical (unpaired) electrons. The molecule has 1 N–H and O–H groups in total. The van der Waals surface area contributed by atoms with Crippen molar-refractivity contribution in [2.45, 2.75) is 18.4 Å². The van der Waals surface area contributed by atoms with Crippen LogP contribution in [0.25, 0.3) is 17.1 Å². The number of aliphatic hydroxyl groups is 1. The number of carbonyl (C=O) groups excluding carboxylic acids is 1. The lowest BCUT2D eigenvalue weighted by atomic mass is 9.83. The lowest BCUT2D eigenvalue weighted by Gasteiger charge is -2.38. The van der Waals surface area contributed by atoms with E-state index >= 15 is 0 Å². The van der Waals surface area contributed by atoms with Crippen LogP contribution in [0.3, 0.4) is 0 Å². The highest BCUT2D eigenvalue weighted by molar-refractivity contribution is 6.33. The molecule has 1 saturated heterocycles. The van der Waals surface area contributed by atoms with Crippen LogP contribution in [-0.4, -0.2) is 52.8 Å². The molecular weight excluding hydrogens is 525 g/mol. The summed E-state index contributed by atoms with van der Waals surface area (Å²) < 4.78 is 12.6. The van der Waals surface area contributed by atoms with E-state index in [4.69, 9.17) is 37.7 Å². The number of carbonyl (C=O) groups is 1. The van der Waals surface area contributed by atoms with E-state index in [-0.39, 0.29) is 5.91 Å². The summed E-state index contributed by atoms with van der Waals surface area (Å²) in [5.74, 6) is 1.54. The van der Waals surface area contributed by atoms with Gasteiger partial charge in [-0.3, -0.25) is 9.36 Å². The Balaban J connectivity index is 1.42. The zero-order valence-electron chi connectivity index (χ0n) is 21.0. The molecule has 38 heavy (non-hydrogen) atoms. The second kappa shape index (κ2) is 10.7. The maximum Gasteiger partial charge on any atom is 0.274 e. The van der Waals surface area contributed by atoms with Crippen LogP contribution in [0.1, 0.15) is 28.9 Å². The second-order valence-electron chi connectivity index (χ2n) is 9.17. The number of rotatable bonds is 6. The lowest BCUT2D eigenvalue weighted by molar-refractivity contribution is -0.0227. The molecule has 3 aromatic carbocycles. The smallest absolute Gasteiger partial charge is 0.274 e. The van der Waals surface area contributed by atoms with Gasteiger partial charge in [0.25, 0.3) is 5.91 Å². The minimum Gasteiger partial charge on any atom is -0.497 e. The Hall–Kier alpha value is -3.52. The van der Waals surface area contributed by atoms with Crippen molar-refractivity contribution in [3.63, 3.8) is 0 Å². The number of likely N-dealkylation sites (tertiary alicyclic amines) is 1. The fourth-order valence-corrected chi connectivity index (χ4v) is 5.15.